The van der Waals surface area contributed by atoms with Gasteiger partial charge in [0, 0.05) is 23.7 Å². The Morgan fingerprint density at radius 1 is 1.12 bits per heavy atom. The van der Waals surface area contributed by atoms with Crippen LogP contribution in [0.4, 0.5) is 0 Å². The molecule has 1 fully saturated rings. The lowest BCUT2D eigenvalue weighted by Crippen LogP contribution is -2.33. The number of hydrogen-bond acceptors (Lipinski definition) is 3. The van der Waals surface area contributed by atoms with E-state index in [1.54, 1.807) is 18.4 Å². The number of benzene rings is 2. The molecule has 1 atom stereocenters. The Kier molecular flexibility index (Phi) is 4.93. The first-order chi connectivity index (χ1) is 12.7. The monoisotopic (exact) mass is 365 g/mol. The van der Waals surface area contributed by atoms with Crippen LogP contribution in [0, 0.1) is 0 Å². The van der Waals surface area contributed by atoms with Crippen LogP contribution < -0.4 is 4.74 Å². The first kappa shape index (κ1) is 17.1. The van der Waals surface area contributed by atoms with Crippen LogP contribution in [0.3, 0.4) is 0 Å². The molecule has 0 aliphatic carbocycles. The zero-order valence-corrected chi connectivity index (χ0v) is 15.8. The highest BCUT2D eigenvalue weighted by molar-refractivity contribution is 7.20. The van der Waals surface area contributed by atoms with E-state index in [2.05, 4.69) is 24.3 Å². The zero-order valence-electron chi connectivity index (χ0n) is 15.0. The predicted octanol–water partition coefficient (Wildman–Crippen LogP) is 5.32. The second-order valence-electron chi connectivity index (χ2n) is 6.87. The summed E-state index contributed by atoms with van der Waals surface area (Å²) in [6.45, 7) is 1.64. The molecule has 0 saturated carbocycles. The molecule has 1 aromatic heterocycles. The van der Waals surface area contributed by atoms with Gasteiger partial charge >= 0.3 is 0 Å². The van der Waals surface area contributed by atoms with Gasteiger partial charge in [0.1, 0.15) is 5.75 Å². The normalized spacial score (nSPS) is 17.9. The number of hydrogen-bond donors (Lipinski definition) is 0. The van der Waals surface area contributed by atoms with E-state index in [9.17, 15) is 4.79 Å². The average Bonchev–Trinajstić information content (AvgIpc) is 2.97. The Bertz CT molecular complexity index is 867. The number of amides is 1. The van der Waals surface area contributed by atoms with Crippen LogP contribution in [0.15, 0.2) is 54.6 Å². The van der Waals surface area contributed by atoms with Gasteiger partial charge in [-0.1, -0.05) is 36.8 Å². The molecule has 2 heterocycles. The summed E-state index contributed by atoms with van der Waals surface area (Å²) in [5.41, 5.74) is 1.29. The SMILES string of the molecule is COc1ccc(C2CCCCN(C(=O)c3cc4ccccc4s3)C2)cc1. The van der Waals surface area contributed by atoms with Crippen LogP contribution in [0.25, 0.3) is 10.1 Å². The van der Waals surface area contributed by atoms with E-state index >= 15 is 0 Å². The number of ether oxygens (including phenoxy) is 1. The third-order valence-electron chi connectivity index (χ3n) is 5.18. The van der Waals surface area contributed by atoms with Crippen molar-refractivity contribution in [3.05, 3.63) is 65.0 Å². The van der Waals surface area contributed by atoms with E-state index in [-0.39, 0.29) is 5.91 Å². The van der Waals surface area contributed by atoms with Gasteiger partial charge in [0.05, 0.1) is 12.0 Å². The molecule has 0 spiro atoms. The topological polar surface area (TPSA) is 29.5 Å². The number of likely N-dealkylation sites (tertiary alicyclic amines) is 1. The van der Waals surface area contributed by atoms with Crippen LogP contribution in [-0.2, 0) is 0 Å². The van der Waals surface area contributed by atoms with Crippen molar-refractivity contribution in [3.63, 3.8) is 0 Å². The summed E-state index contributed by atoms with van der Waals surface area (Å²) >= 11 is 1.60. The summed E-state index contributed by atoms with van der Waals surface area (Å²) in [5.74, 6) is 1.44. The quantitative estimate of drug-likeness (QED) is 0.629. The molecule has 134 valence electrons. The van der Waals surface area contributed by atoms with Gasteiger partial charge in [-0.05, 0) is 48.1 Å². The van der Waals surface area contributed by atoms with Crippen molar-refractivity contribution in [2.24, 2.45) is 0 Å². The van der Waals surface area contributed by atoms with Crippen LogP contribution in [-0.4, -0.2) is 31.0 Å². The molecule has 3 nitrogen and oxygen atoms in total. The van der Waals surface area contributed by atoms with Crippen molar-refractivity contribution in [2.75, 3.05) is 20.2 Å². The number of thiophene rings is 1. The summed E-state index contributed by atoms with van der Waals surface area (Å²) in [6.07, 6.45) is 3.36. The van der Waals surface area contributed by atoms with Crippen LogP contribution >= 0.6 is 11.3 Å². The summed E-state index contributed by atoms with van der Waals surface area (Å²) in [4.78, 5) is 16.0. The van der Waals surface area contributed by atoms with Gasteiger partial charge in [0.25, 0.3) is 5.91 Å². The van der Waals surface area contributed by atoms with Crippen molar-refractivity contribution >= 4 is 27.3 Å². The summed E-state index contributed by atoms with van der Waals surface area (Å²) in [5, 5.41) is 1.15. The van der Waals surface area contributed by atoms with Gasteiger partial charge in [-0.15, -0.1) is 11.3 Å². The van der Waals surface area contributed by atoms with Gasteiger partial charge in [0.15, 0.2) is 0 Å². The van der Waals surface area contributed by atoms with Gasteiger partial charge < -0.3 is 9.64 Å². The second kappa shape index (κ2) is 7.50. The van der Waals surface area contributed by atoms with Gasteiger partial charge in [-0.3, -0.25) is 4.79 Å². The lowest BCUT2D eigenvalue weighted by atomic mass is 9.94. The fraction of sp³-hybridized carbons (Fsp3) is 0.318. The molecule has 2 aromatic carbocycles. The van der Waals surface area contributed by atoms with Crippen LogP contribution in [0.1, 0.15) is 40.4 Å². The minimum Gasteiger partial charge on any atom is -0.497 e. The standard InChI is InChI=1S/C22H23NO2S/c1-25-19-11-9-16(10-12-19)18-7-4-5-13-23(15-18)22(24)21-14-17-6-2-3-8-20(17)26-21/h2-3,6,8-12,14,18H,4-5,7,13,15H2,1H3. The minimum absolute atomic E-state index is 0.173. The molecule has 4 rings (SSSR count). The van der Waals surface area contributed by atoms with E-state index in [0.29, 0.717) is 5.92 Å². The number of fused-ring (bicyclic) bond motifs is 1. The lowest BCUT2D eigenvalue weighted by molar-refractivity contribution is 0.0759. The lowest BCUT2D eigenvalue weighted by Gasteiger charge is -2.24. The summed E-state index contributed by atoms with van der Waals surface area (Å²) < 4.78 is 6.44. The van der Waals surface area contributed by atoms with Crippen molar-refractivity contribution in [1.29, 1.82) is 0 Å². The summed E-state index contributed by atoms with van der Waals surface area (Å²) in [7, 11) is 1.69. The minimum atomic E-state index is 0.173. The number of rotatable bonds is 3. The Morgan fingerprint density at radius 3 is 2.69 bits per heavy atom. The molecule has 1 unspecified atom stereocenters. The zero-order chi connectivity index (χ0) is 17.9. The number of carbonyl (C=O) groups is 1. The molecule has 0 N–H and O–H groups in total. The highest BCUT2D eigenvalue weighted by atomic mass is 32.1. The molecule has 1 saturated heterocycles. The third-order valence-corrected chi connectivity index (χ3v) is 6.29. The first-order valence-electron chi connectivity index (χ1n) is 9.16. The fourth-order valence-electron chi connectivity index (χ4n) is 3.72. The van der Waals surface area contributed by atoms with E-state index in [4.69, 9.17) is 4.74 Å². The molecule has 4 heteroatoms. The third kappa shape index (κ3) is 3.47. The van der Waals surface area contributed by atoms with Crippen molar-refractivity contribution in [1.82, 2.24) is 4.90 Å². The smallest absolute Gasteiger partial charge is 0.263 e. The fourth-order valence-corrected chi connectivity index (χ4v) is 4.75. The largest absolute Gasteiger partial charge is 0.497 e. The molecule has 26 heavy (non-hydrogen) atoms. The maximum Gasteiger partial charge on any atom is 0.263 e. The maximum absolute atomic E-state index is 13.1. The van der Waals surface area contributed by atoms with E-state index in [1.165, 1.54) is 10.3 Å². The molecular weight excluding hydrogens is 342 g/mol. The van der Waals surface area contributed by atoms with E-state index in [0.717, 1.165) is 48.4 Å². The molecule has 1 aliphatic rings. The number of carbonyl (C=O) groups excluding carboxylic acids is 1. The molecule has 0 bridgehead atoms. The van der Waals surface area contributed by atoms with Gasteiger partial charge in [0.2, 0.25) is 0 Å². The van der Waals surface area contributed by atoms with E-state index < -0.39 is 0 Å². The van der Waals surface area contributed by atoms with Crippen molar-refractivity contribution in [2.45, 2.75) is 25.2 Å². The average molecular weight is 365 g/mol. The summed E-state index contributed by atoms with van der Waals surface area (Å²) in [6, 6.07) is 18.5. The Labute approximate surface area is 158 Å². The predicted molar refractivity (Wildman–Crippen MR) is 107 cm³/mol. The van der Waals surface area contributed by atoms with E-state index in [1.807, 2.05) is 35.2 Å². The number of methoxy groups -OCH3 is 1. The molecule has 3 aromatic rings. The van der Waals surface area contributed by atoms with Crippen LogP contribution in [0.2, 0.25) is 0 Å². The highest BCUT2D eigenvalue weighted by Gasteiger charge is 2.25. The van der Waals surface area contributed by atoms with Crippen LogP contribution in [0.5, 0.6) is 5.75 Å². The Hall–Kier alpha value is -2.33. The highest BCUT2D eigenvalue weighted by Crippen LogP contribution is 2.31. The Balaban J connectivity index is 1.55. The molecule has 1 aliphatic heterocycles. The second-order valence-corrected chi connectivity index (χ2v) is 7.95. The molecule has 0 radical (unpaired) electrons. The van der Waals surface area contributed by atoms with Crippen molar-refractivity contribution in [3.8, 4) is 5.75 Å². The number of nitrogens with zero attached hydrogens (tertiary/aromatic N) is 1. The van der Waals surface area contributed by atoms with Gasteiger partial charge in [-0.2, -0.15) is 0 Å². The molecular formula is C22H23NO2S. The Morgan fingerprint density at radius 2 is 1.92 bits per heavy atom. The molecule has 1 amide bonds. The van der Waals surface area contributed by atoms with Gasteiger partial charge in [-0.25, -0.2) is 0 Å². The maximum atomic E-state index is 13.1. The van der Waals surface area contributed by atoms with Crippen molar-refractivity contribution < 1.29 is 9.53 Å². The first-order valence-corrected chi connectivity index (χ1v) is 9.98.